The van der Waals surface area contributed by atoms with Gasteiger partial charge in [-0.2, -0.15) is 0 Å². The number of esters is 1. The van der Waals surface area contributed by atoms with Crippen molar-refractivity contribution in [3.8, 4) is 0 Å². The molecule has 0 atom stereocenters. The molecule has 0 aliphatic carbocycles. The molecule has 0 aliphatic rings. The first-order valence-corrected chi connectivity index (χ1v) is 6.98. The highest BCUT2D eigenvalue weighted by Gasteiger charge is 2.14. The topological polar surface area (TPSA) is 60.4 Å². The number of carbonyl (C=O) groups is 1. The van der Waals surface area contributed by atoms with Crippen LogP contribution in [0.1, 0.15) is 15.9 Å². The summed E-state index contributed by atoms with van der Waals surface area (Å²) in [6.45, 7) is 0. The first kappa shape index (κ1) is 13.3. The van der Waals surface area contributed by atoms with Crippen molar-refractivity contribution in [3.05, 3.63) is 34.3 Å². The Morgan fingerprint density at radius 3 is 2.56 bits per heavy atom. The van der Waals surface area contributed by atoms with Crippen molar-refractivity contribution < 1.29 is 17.9 Å². The summed E-state index contributed by atoms with van der Waals surface area (Å²) < 4.78 is 26.3. The van der Waals surface area contributed by atoms with E-state index < -0.39 is 20.8 Å². The molecule has 0 N–H and O–H groups in total. The third-order valence-corrected chi connectivity index (χ3v) is 3.15. The molecule has 0 saturated carbocycles. The third kappa shape index (κ3) is 3.66. The molecule has 0 aromatic heterocycles. The lowest BCUT2D eigenvalue weighted by Gasteiger charge is -2.04. The molecular formula is C9H8Cl2O4S. The zero-order valence-corrected chi connectivity index (χ0v) is 10.6. The van der Waals surface area contributed by atoms with Gasteiger partial charge in [0.05, 0.1) is 18.4 Å². The number of halogens is 2. The van der Waals surface area contributed by atoms with Crippen LogP contribution in [0.3, 0.4) is 0 Å². The van der Waals surface area contributed by atoms with Crippen LogP contribution < -0.4 is 0 Å². The fourth-order valence-corrected chi connectivity index (χ4v) is 2.34. The van der Waals surface area contributed by atoms with Crippen LogP contribution in [-0.2, 0) is 19.5 Å². The molecule has 1 aromatic rings. The maximum Gasteiger partial charge on any atom is 0.337 e. The predicted octanol–water partition coefficient (Wildman–Crippen LogP) is 2.20. The Morgan fingerprint density at radius 2 is 2.06 bits per heavy atom. The summed E-state index contributed by atoms with van der Waals surface area (Å²) in [6, 6.07) is 4.21. The number of hydrogen-bond donors (Lipinski definition) is 0. The van der Waals surface area contributed by atoms with Crippen molar-refractivity contribution >= 4 is 37.3 Å². The molecule has 0 aliphatic heterocycles. The zero-order valence-electron chi connectivity index (χ0n) is 8.24. The van der Waals surface area contributed by atoms with Crippen molar-refractivity contribution in [2.24, 2.45) is 0 Å². The van der Waals surface area contributed by atoms with Crippen molar-refractivity contribution in [2.75, 3.05) is 7.11 Å². The van der Waals surface area contributed by atoms with Gasteiger partial charge in [0.15, 0.2) is 0 Å². The minimum Gasteiger partial charge on any atom is -0.465 e. The van der Waals surface area contributed by atoms with E-state index >= 15 is 0 Å². The molecule has 1 rings (SSSR count). The van der Waals surface area contributed by atoms with Crippen LogP contribution in [0.5, 0.6) is 0 Å². The Labute approximate surface area is 103 Å². The van der Waals surface area contributed by atoms with Crippen molar-refractivity contribution in [3.63, 3.8) is 0 Å². The van der Waals surface area contributed by atoms with Gasteiger partial charge in [-0.25, -0.2) is 13.2 Å². The fraction of sp³-hybridized carbons (Fsp3) is 0.222. The van der Waals surface area contributed by atoms with E-state index in [0.717, 1.165) is 0 Å². The highest BCUT2D eigenvalue weighted by Crippen LogP contribution is 2.21. The SMILES string of the molecule is COC(=O)c1ccc(Cl)c(CS(=O)(=O)Cl)c1. The molecule has 1 aromatic carbocycles. The molecule has 16 heavy (non-hydrogen) atoms. The normalized spacial score (nSPS) is 11.2. The van der Waals surface area contributed by atoms with E-state index in [1.54, 1.807) is 0 Å². The Kier molecular flexibility index (Phi) is 4.18. The molecule has 0 spiro atoms. The maximum atomic E-state index is 11.2. The highest BCUT2D eigenvalue weighted by atomic mass is 35.7. The van der Waals surface area contributed by atoms with E-state index in [0.29, 0.717) is 0 Å². The summed E-state index contributed by atoms with van der Waals surface area (Å²) >= 11 is 5.77. The van der Waals surface area contributed by atoms with Gasteiger partial charge < -0.3 is 4.74 Å². The molecule has 0 bridgehead atoms. The lowest BCUT2D eigenvalue weighted by atomic mass is 10.1. The van der Waals surface area contributed by atoms with E-state index in [1.807, 2.05) is 0 Å². The van der Waals surface area contributed by atoms with Gasteiger partial charge in [0.25, 0.3) is 0 Å². The quantitative estimate of drug-likeness (QED) is 0.630. The number of rotatable bonds is 3. The molecule has 0 fully saturated rings. The van der Waals surface area contributed by atoms with Gasteiger partial charge in [-0.3, -0.25) is 0 Å². The molecule has 0 unspecified atom stereocenters. The van der Waals surface area contributed by atoms with E-state index in [2.05, 4.69) is 4.74 Å². The van der Waals surface area contributed by atoms with Gasteiger partial charge in [-0.1, -0.05) is 11.6 Å². The standard InChI is InChI=1S/C9H8Cl2O4S/c1-15-9(12)6-2-3-8(10)7(4-6)5-16(11,13)14/h2-4H,5H2,1H3. The van der Waals surface area contributed by atoms with Gasteiger partial charge in [0.1, 0.15) is 0 Å². The predicted molar refractivity (Wildman–Crippen MR) is 61.3 cm³/mol. The van der Waals surface area contributed by atoms with Gasteiger partial charge in [0.2, 0.25) is 9.05 Å². The second kappa shape index (κ2) is 5.03. The Balaban J connectivity index is 3.14. The maximum absolute atomic E-state index is 11.2. The minimum atomic E-state index is -3.71. The number of methoxy groups -OCH3 is 1. The van der Waals surface area contributed by atoms with Crippen LogP contribution in [0.25, 0.3) is 0 Å². The average molecular weight is 283 g/mol. The Bertz CT molecular complexity index is 510. The summed E-state index contributed by atoms with van der Waals surface area (Å²) in [5.74, 6) is -0.997. The largest absolute Gasteiger partial charge is 0.465 e. The molecule has 0 heterocycles. The van der Waals surface area contributed by atoms with Crippen molar-refractivity contribution in [1.82, 2.24) is 0 Å². The van der Waals surface area contributed by atoms with Gasteiger partial charge in [-0.05, 0) is 23.8 Å². The molecule has 88 valence electrons. The zero-order chi connectivity index (χ0) is 12.3. The van der Waals surface area contributed by atoms with Gasteiger partial charge in [-0.15, -0.1) is 0 Å². The Morgan fingerprint density at radius 1 is 1.44 bits per heavy atom. The Hall–Kier alpha value is -0.780. The molecule has 0 amide bonds. The lowest BCUT2D eigenvalue weighted by Crippen LogP contribution is -2.03. The molecule has 7 heteroatoms. The third-order valence-electron chi connectivity index (χ3n) is 1.79. The van der Waals surface area contributed by atoms with Gasteiger partial charge >= 0.3 is 5.97 Å². The summed E-state index contributed by atoms with van der Waals surface area (Å²) in [4.78, 5) is 11.2. The molecule has 4 nitrogen and oxygen atoms in total. The molecule has 0 saturated heterocycles. The van der Waals surface area contributed by atoms with Crippen molar-refractivity contribution in [2.45, 2.75) is 5.75 Å². The lowest BCUT2D eigenvalue weighted by molar-refractivity contribution is 0.0600. The van der Waals surface area contributed by atoms with Crippen LogP contribution in [-0.4, -0.2) is 21.5 Å². The second-order valence-corrected chi connectivity index (χ2v) is 6.17. The van der Waals surface area contributed by atoms with Crippen LogP contribution in [0, 0.1) is 0 Å². The number of benzene rings is 1. The van der Waals surface area contributed by atoms with E-state index in [4.69, 9.17) is 22.3 Å². The van der Waals surface area contributed by atoms with Crippen LogP contribution in [0.15, 0.2) is 18.2 Å². The van der Waals surface area contributed by atoms with Crippen LogP contribution in [0.2, 0.25) is 5.02 Å². The number of ether oxygens (including phenoxy) is 1. The molecule has 0 radical (unpaired) electrons. The monoisotopic (exact) mass is 282 g/mol. The van der Waals surface area contributed by atoms with E-state index in [1.165, 1.54) is 25.3 Å². The number of hydrogen-bond acceptors (Lipinski definition) is 4. The summed E-state index contributed by atoms with van der Waals surface area (Å²) in [5.41, 5.74) is 0.488. The smallest absolute Gasteiger partial charge is 0.337 e. The first-order valence-electron chi connectivity index (χ1n) is 4.12. The average Bonchev–Trinajstić information content (AvgIpc) is 2.18. The number of carbonyl (C=O) groups excluding carboxylic acids is 1. The van der Waals surface area contributed by atoms with E-state index in [9.17, 15) is 13.2 Å². The van der Waals surface area contributed by atoms with E-state index in [-0.39, 0.29) is 16.1 Å². The van der Waals surface area contributed by atoms with Crippen LogP contribution >= 0.6 is 22.3 Å². The van der Waals surface area contributed by atoms with Crippen LogP contribution in [0.4, 0.5) is 0 Å². The summed E-state index contributed by atoms with van der Waals surface area (Å²) in [7, 11) is 2.62. The minimum absolute atomic E-state index is 0.224. The fourth-order valence-electron chi connectivity index (χ4n) is 1.12. The first-order chi connectivity index (χ1) is 7.33. The molecular weight excluding hydrogens is 275 g/mol. The second-order valence-electron chi connectivity index (χ2n) is 2.98. The summed E-state index contributed by atoms with van der Waals surface area (Å²) in [5, 5.41) is 0.233. The highest BCUT2D eigenvalue weighted by molar-refractivity contribution is 8.13. The van der Waals surface area contributed by atoms with Crippen molar-refractivity contribution in [1.29, 1.82) is 0 Å². The van der Waals surface area contributed by atoms with Gasteiger partial charge in [0, 0.05) is 15.7 Å². The summed E-state index contributed by atoms with van der Waals surface area (Å²) in [6.07, 6.45) is 0.